The minimum absolute atomic E-state index is 0.126. The highest BCUT2D eigenvalue weighted by Gasteiger charge is 2.28. The van der Waals surface area contributed by atoms with Gasteiger partial charge in [-0.05, 0) is 31.9 Å². The van der Waals surface area contributed by atoms with Crippen molar-refractivity contribution in [3.05, 3.63) is 58.2 Å². The predicted octanol–water partition coefficient (Wildman–Crippen LogP) is 5.48. The molecule has 0 saturated heterocycles. The van der Waals surface area contributed by atoms with E-state index in [0.717, 1.165) is 11.3 Å². The average Bonchev–Trinajstić information content (AvgIpc) is 2.61. The Labute approximate surface area is 122 Å². The van der Waals surface area contributed by atoms with E-state index in [9.17, 15) is 0 Å². The van der Waals surface area contributed by atoms with Crippen LogP contribution in [0.1, 0.15) is 58.6 Å². The second-order valence-electron chi connectivity index (χ2n) is 6.90. The molecule has 1 nitrogen and oxygen atoms in total. The maximum absolute atomic E-state index is 8.53. The van der Waals surface area contributed by atoms with Crippen molar-refractivity contribution in [2.24, 2.45) is 5.41 Å². The molecule has 20 heavy (non-hydrogen) atoms. The molecule has 0 amide bonds. The van der Waals surface area contributed by atoms with Crippen LogP contribution in [0.2, 0.25) is 0 Å². The summed E-state index contributed by atoms with van der Waals surface area (Å²) in [6.45, 7) is 12.9. The van der Waals surface area contributed by atoms with Crippen molar-refractivity contribution in [3.8, 4) is 0 Å². The lowest BCUT2D eigenvalue weighted by atomic mass is 9.79. The third kappa shape index (κ3) is 2.49. The number of allylic oxidation sites excluding steroid dienone is 4. The molecule has 0 spiro atoms. The van der Waals surface area contributed by atoms with Crippen LogP contribution in [0.3, 0.4) is 0 Å². The van der Waals surface area contributed by atoms with Gasteiger partial charge in [0.25, 0.3) is 0 Å². The van der Waals surface area contributed by atoms with E-state index in [-0.39, 0.29) is 5.41 Å². The van der Waals surface area contributed by atoms with Gasteiger partial charge in [0.05, 0.1) is 0 Å². The summed E-state index contributed by atoms with van der Waals surface area (Å²) in [5.74, 6) is 0.342. The van der Waals surface area contributed by atoms with Crippen molar-refractivity contribution >= 4 is 5.71 Å². The van der Waals surface area contributed by atoms with Crippen LogP contribution in [0.4, 0.5) is 0 Å². The lowest BCUT2D eigenvalue weighted by Gasteiger charge is -2.25. The normalized spacial score (nSPS) is 19.3. The molecule has 1 aliphatic carbocycles. The first-order valence-electron chi connectivity index (χ1n) is 7.27. The van der Waals surface area contributed by atoms with E-state index in [1.54, 1.807) is 0 Å². The fraction of sp³-hybridized carbons (Fsp3) is 0.421. The molecule has 0 saturated carbocycles. The smallest absolute Gasteiger partial charge is 0.0442 e. The zero-order valence-corrected chi connectivity index (χ0v) is 13.5. The summed E-state index contributed by atoms with van der Waals surface area (Å²) in [5.41, 5.74) is 7.12. The maximum atomic E-state index is 8.53. The molecule has 1 aliphatic rings. The van der Waals surface area contributed by atoms with E-state index in [1.165, 1.54) is 22.3 Å². The topological polar surface area (TPSA) is 23.9 Å². The average molecular weight is 267 g/mol. The second kappa shape index (κ2) is 5.05. The molecule has 2 rings (SSSR count). The molecule has 0 heterocycles. The molecule has 1 aromatic carbocycles. The zero-order chi connectivity index (χ0) is 15.1. The van der Waals surface area contributed by atoms with Gasteiger partial charge < -0.3 is 5.41 Å². The molecule has 0 aliphatic heterocycles. The van der Waals surface area contributed by atoms with Gasteiger partial charge in [-0.25, -0.2) is 0 Å². The summed E-state index contributed by atoms with van der Waals surface area (Å²) in [6, 6.07) is 8.40. The van der Waals surface area contributed by atoms with E-state index >= 15 is 0 Å². The van der Waals surface area contributed by atoms with Crippen molar-refractivity contribution < 1.29 is 0 Å². The largest absolute Gasteiger partial charge is 0.304 e. The van der Waals surface area contributed by atoms with Crippen LogP contribution in [-0.4, -0.2) is 5.71 Å². The molecule has 0 aromatic heterocycles. The lowest BCUT2D eigenvalue weighted by molar-refractivity contribution is 0.587. The van der Waals surface area contributed by atoms with Gasteiger partial charge in [-0.1, -0.05) is 67.8 Å². The van der Waals surface area contributed by atoms with Crippen molar-refractivity contribution in [2.45, 2.75) is 47.5 Å². The van der Waals surface area contributed by atoms with Gasteiger partial charge in [-0.2, -0.15) is 0 Å². The summed E-state index contributed by atoms with van der Waals surface area (Å²) in [4.78, 5) is 0. The Morgan fingerprint density at radius 2 is 1.65 bits per heavy atom. The molecule has 1 aromatic rings. The summed E-state index contributed by atoms with van der Waals surface area (Å²) in [7, 11) is 0. The van der Waals surface area contributed by atoms with Crippen molar-refractivity contribution in [1.29, 1.82) is 5.41 Å². The highest BCUT2D eigenvalue weighted by Crippen LogP contribution is 2.41. The fourth-order valence-corrected chi connectivity index (χ4v) is 2.97. The van der Waals surface area contributed by atoms with Gasteiger partial charge >= 0.3 is 0 Å². The quantitative estimate of drug-likeness (QED) is 0.686. The van der Waals surface area contributed by atoms with Crippen molar-refractivity contribution in [3.63, 3.8) is 0 Å². The van der Waals surface area contributed by atoms with Gasteiger partial charge in [-0.15, -0.1) is 0 Å². The maximum Gasteiger partial charge on any atom is 0.0442 e. The predicted molar refractivity (Wildman–Crippen MR) is 87.6 cm³/mol. The minimum Gasteiger partial charge on any atom is -0.304 e. The summed E-state index contributed by atoms with van der Waals surface area (Å²) >= 11 is 0. The molecular weight excluding hydrogens is 242 g/mol. The van der Waals surface area contributed by atoms with Crippen molar-refractivity contribution in [2.75, 3.05) is 0 Å². The van der Waals surface area contributed by atoms with Gasteiger partial charge in [-0.3, -0.25) is 0 Å². The number of nitrogens with one attached hydrogen (secondary N) is 1. The molecule has 0 radical (unpaired) electrons. The van der Waals surface area contributed by atoms with Crippen LogP contribution in [0.15, 0.2) is 47.1 Å². The van der Waals surface area contributed by atoms with E-state index in [2.05, 4.69) is 65.8 Å². The van der Waals surface area contributed by atoms with E-state index < -0.39 is 0 Å². The summed E-state index contributed by atoms with van der Waals surface area (Å²) < 4.78 is 0. The van der Waals surface area contributed by atoms with Gasteiger partial charge in [0.15, 0.2) is 0 Å². The fourth-order valence-electron chi connectivity index (χ4n) is 2.97. The third-order valence-corrected chi connectivity index (χ3v) is 4.25. The first-order chi connectivity index (χ1) is 9.23. The Bertz CT molecular complexity index is 609. The Balaban J connectivity index is 2.56. The Kier molecular flexibility index (Phi) is 3.73. The Morgan fingerprint density at radius 3 is 2.15 bits per heavy atom. The van der Waals surface area contributed by atoms with Gasteiger partial charge in [0, 0.05) is 17.0 Å². The molecule has 106 valence electrons. The summed E-state index contributed by atoms with van der Waals surface area (Å²) in [5, 5.41) is 8.53. The zero-order valence-electron chi connectivity index (χ0n) is 13.5. The number of benzene rings is 1. The number of rotatable bonds is 2. The molecule has 1 heteroatoms. The van der Waals surface area contributed by atoms with Crippen LogP contribution in [-0.2, 0) is 0 Å². The van der Waals surface area contributed by atoms with Crippen LogP contribution in [0.25, 0.3) is 0 Å². The van der Waals surface area contributed by atoms with Crippen LogP contribution in [0.5, 0.6) is 0 Å². The second-order valence-corrected chi connectivity index (χ2v) is 6.90. The van der Waals surface area contributed by atoms with Crippen LogP contribution < -0.4 is 0 Å². The first kappa shape index (κ1) is 14.8. The highest BCUT2D eigenvalue weighted by molar-refractivity contribution is 6.03. The summed E-state index contributed by atoms with van der Waals surface area (Å²) in [6.07, 6.45) is 2.28. The number of hydrogen-bond donors (Lipinski definition) is 1. The molecular formula is C19H25N. The SMILES string of the molecule is CC1=CC(C)=C(C)C1c1ccccc1C(=N)C(C)(C)C. The number of hydrogen-bond acceptors (Lipinski definition) is 1. The van der Waals surface area contributed by atoms with E-state index in [1.807, 2.05) is 6.07 Å². The van der Waals surface area contributed by atoms with Gasteiger partial charge in [0.2, 0.25) is 0 Å². The minimum atomic E-state index is -0.126. The Morgan fingerprint density at radius 1 is 1.05 bits per heavy atom. The molecule has 0 bridgehead atoms. The van der Waals surface area contributed by atoms with Crippen LogP contribution >= 0.6 is 0 Å². The Hall–Kier alpha value is -1.63. The third-order valence-electron chi connectivity index (χ3n) is 4.25. The van der Waals surface area contributed by atoms with E-state index in [4.69, 9.17) is 5.41 Å². The van der Waals surface area contributed by atoms with Crippen LogP contribution in [0, 0.1) is 10.8 Å². The monoisotopic (exact) mass is 267 g/mol. The standard InChI is InChI=1S/C19H25N/c1-12-11-13(2)17(14(12)3)15-9-7-8-10-16(15)18(20)19(4,5)6/h7-11,17,20H,1-6H3. The lowest BCUT2D eigenvalue weighted by Crippen LogP contribution is -2.22. The molecule has 0 fully saturated rings. The van der Waals surface area contributed by atoms with E-state index in [0.29, 0.717) is 5.92 Å². The molecule has 1 N–H and O–H groups in total. The van der Waals surface area contributed by atoms with Gasteiger partial charge in [0.1, 0.15) is 0 Å². The molecule has 1 atom stereocenters. The molecule has 1 unspecified atom stereocenters. The first-order valence-corrected chi connectivity index (χ1v) is 7.27. The highest BCUT2D eigenvalue weighted by atomic mass is 14.5. The van der Waals surface area contributed by atoms with Crippen molar-refractivity contribution in [1.82, 2.24) is 0 Å².